The maximum absolute atomic E-state index is 14.1. The molecule has 2 aromatic heterocycles. The van der Waals surface area contributed by atoms with Gasteiger partial charge in [0.15, 0.2) is 5.82 Å². The minimum Gasteiger partial charge on any atom is -0.391 e. The Kier molecular flexibility index (Phi) is 14.3. The molecule has 0 radical (unpaired) electrons. The number of nitrogens with one attached hydrogen (secondary N) is 2. The van der Waals surface area contributed by atoms with Gasteiger partial charge in [-0.1, -0.05) is 87.0 Å². The predicted molar refractivity (Wildman–Crippen MR) is 249 cm³/mol. The van der Waals surface area contributed by atoms with E-state index < -0.39 is 41.5 Å². The number of rotatable bonds is 16. The summed E-state index contributed by atoms with van der Waals surface area (Å²) in [5, 5.41) is 26.3. The summed E-state index contributed by atoms with van der Waals surface area (Å²) in [5.74, 6) is 0.177. The first-order chi connectivity index (χ1) is 30.5. The molecular weight excluding hydrogens is 827 g/mol. The molecule has 1 saturated heterocycles. The minimum absolute atomic E-state index is 0.0126. The van der Waals surface area contributed by atoms with E-state index in [1.165, 1.54) is 20.9 Å². The summed E-state index contributed by atoms with van der Waals surface area (Å²) in [7, 11) is 0. The number of fused-ring (bicyclic) bond motifs is 3. The Morgan fingerprint density at radius 2 is 1.67 bits per heavy atom. The summed E-state index contributed by atoms with van der Waals surface area (Å²) >= 11 is 1.68. The van der Waals surface area contributed by atoms with Crippen molar-refractivity contribution in [3.05, 3.63) is 116 Å². The van der Waals surface area contributed by atoms with Gasteiger partial charge in [-0.3, -0.25) is 28.7 Å². The Labute approximate surface area is 380 Å². The van der Waals surface area contributed by atoms with Crippen molar-refractivity contribution in [2.24, 2.45) is 10.4 Å². The number of Topliss-reactive ketones (excluding diaryl/α,β-unsaturated/α-hetero) is 1. The van der Waals surface area contributed by atoms with E-state index in [9.17, 15) is 24.3 Å². The fourth-order valence-electron chi connectivity index (χ4n) is 8.66. The number of likely N-dealkylation sites (tertiary alicyclic amines) is 1. The van der Waals surface area contributed by atoms with Gasteiger partial charge in [0.25, 0.3) is 0 Å². The zero-order valence-electron chi connectivity index (χ0n) is 38.3. The Hall–Kier alpha value is -5.57. The van der Waals surface area contributed by atoms with E-state index in [-0.39, 0.29) is 50.8 Å². The molecule has 0 bridgehead atoms. The lowest BCUT2D eigenvalue weighted by Gasteiger charge is -2.35. The molecule has 338 valence electrons. The number of aliphatic hydroxyl groups is 1. The van der Waals surface area contributed by atoms with Crippen LogP contribution in [0.25, 0.3) is 10.6 Å². The molecule has 0 spiro atoms. The van der Waals surface area contributed by atoms with Crippen molar-refractivity contribution in [3.8, 4) is 5.00 Å². The average Bonchev–Trinajstić information content (AvgIpc) is 4.02. The highest BCUT2D eigenvalue weighted by Crippen LogP contribution is 2.40. The number of carbonyl (C=O) groups excluding carboxylic acids is 4. The second-order valence-electron chi connectivity index (χ2n) is 18.5. The lowest BCUT2D eigenvalue weighted by Crippen LogP contribution is -2.58. The molecule has 7 rings (SSSR count). The first-order valence-electron chi connectivity index (χ1n) is 22.3. The number of aryl methyl sites for hydroxylation is 3. The molecule has 4 atom stereocenters. The molecule has 4 heterocycles. The maximum atomic E-state index is 14.1. The van der Waals surface area contributed by atoms with E-state index in [1.807, 2.05) is 39.8 Å². The average molecular weight is 888 g/mol. The number of unbranched alkanes of at least 4 members (excludes halogenated alkanes) is 1. The van der Waals surface area contributed by atoms with Gasteiger partial charge in [0.1, 0.15) is 41.3 Å². The van der Waals surface area contributed by atoms with E-state index in [4.69, 9.17) is 9.73 Å². The number of nitrogens with zero attached hydrogens (tertiary/aromatic N) is 5. The number of aliphatic imine (C=N–C) groups is 1. The van der Waals surface area contributed by atoms with Crippen LogP contribution in [0.15, 0.2) is 71.2 Å². The third kappa shape index (κ3) is 10.3. The summed E-state index contributed by atoms with van der Waals surface area (Å²) in [6, 6.07) is 14.0. The van der Waals surface area contributed by atoms with Gasteiger partial charge in [0.2, 0.25) is 17.7 Å². The smallest absolute Gasteiger partial charge is 0.246 e. The first-order valence-corrected chi connectivity index (χ1v) is 23.1. The zero-order chi connectivity index (χ0) is 45.9. The van der Waals surface area contributed by atoms with Crippen LogP contribution in [0.2, 0.25) is 0 Å². The molecule has 3 amide bonds. The number of amides is 3. The summed E-state index contributed by atoms with van der Waals surface area (Å²) in [6.45, 7) is 16.1. The van der Waals surface area contributed by atoms with Crippen LogP contribution in [0, 0.1) is 33.1 Å². The lowest BCUT2D eigenvalue weighted by molar-refractivity contribution is -0.144. The lowest BCUT2D eigenvalue weighted by atomic mass is 9.85. The number of benzene rings is 2. The molecule has 13 nitrogen and oxygen atoms in total. The minimum atomic E-state index is -0.969. The SMILES string of the molecule is CC1=C(c2ccc(CNC(=O)[C@@H]3CC(O)CN3C(=O)[C@@H](NC(=O)COCCCCC(=O)CC3N=C(c4ccc(C)cc4)c4c(sc(C)c4C)-n4c(C)nnc43)C(C)(C)C)cc2)CC=C1. The molecule has 14 heteroatoms. The van der Waals surface area contributed by atoms with Crippen molar-refractivity contribution < 1.29 is 29.0 Å². The van der Waals surface area contributed by atoms with Crippen LogP contribution in [0.4, 0.5) is 0 Å². The molecule has 0 saturated carbocycles. The highest BCUT2D eigenvalue weighted by Gasteiger charge is 2.44. The van der Waals surface area contributed by atoms with E-state index in [0.29, 0.717) is 25.1 Å². The summed E-state index contributed by atoms with van der Waals surface area (Å²) in [5.41, 5.74) is 9.09. The van der Waals surface area contributed by atoms with Crippen LogP contribution < -0.4 is 10.6 Å². The predicted octanol–water partition coefficient (Wildman–Crippen LogP) is 7.14. The normalized spacial score (nSPS) is 18.7. The van der Waals surface area contributed by atoms with Crippen LogP contribution in [-0.2, 0) is 30.5 Å². The number of ether oxygens (including phenoxy) is 1. The zero-order valence-corrected chi connectivity index (χ0v) is 39.1. The molecule has 3 N–H and O–H groups in total. The fraction of sp³-hybridized carbons (Fsp3) is 0.460. The van der Waals surface area contributed by atoms with Crippen molar-refractivity contribution in [1.82, 2.24) is 30.3 Å². The van der Waals surface area contributed by atoms with Crippen LogP contribution >= 0.6 is 11.3 Å². The van der Waals surface area contributed by atoms with Crippen molar-refractivity contribution in [2.75, 3.05) is 19.8 Å². The monoisotopic (exact) mass is 887 g/mol. The Morgan fingerprint density at radius 1 is 0.953 bits per heavy atom. The second kappa shape index (κ2) is 19.7. The van der Waals surface area contributed by atoms with E-state index in [2.05, 4.69) is 102 Å². The number of allylic oxidation sites excluding steroid dienone is 4. The van der Waals surface area contributed by atoms with Gasteiger partial charge in [-0.15, -0.1) is 21.5 Å². The molecule has 64 heavy (non-hydrogen) atoms. The summed E-state index contributed by atoms with van der Waals surface area (Å²) < 4.78 is 7.78. The third-order valence-electron chi connectivity index (χ3n) is 12.4. The van der Waals surface area contributed by atoms with Gasteiger partial charge in [0.05, 0.1) is 11.8 Å². The quantitative estimate of drug-likeness (QED) is 0.0999. The van der Waals surface area contributed by atoms with Gasteiger partial charge in [-0.05, 0) is 87.1 Å². The molecule has 4 aromatic rings. The fourth-order valence-corrected chi connectivity index (χ4v) is 9.87. The van der Waals surface area contributed by atoms with Gasteiger partial charge < -0.3 is 25.4 Å². The van der Waals surface area contributed by atoms with Crippen molar-refractivity contribution in [2.45, 2.75) is 125 Å². The van der Waals surface area contributed by atoms with Crippen molar-refractivity contribution in [3.63, 3.8) is 0 Å². The Balaban J connectivity index is 0.894. The number of ketones is 1. The number of thiophene rings is 1. The van der Waals surface area contributed by atoms with Gasteiger partial charge in [0, 0.05) is 55.0 Å². The van der Waals surface area contributed by atoms with Gasteiger partial charge in [-0.2, -0.15) is 0 Å². The number of carbonyl (C=O) groups is 4. The number of hydrogen-bond acceptors (Lipinski definition) is 10. The van der Waals surface area contributed by atoms with E-state index in [1.54, 1.807) is 11.3 Å². The van der Waals surface area contributed by atoms with Crippen molar-refractivity contribution >= 4 is 46.1 Å². The Bertz CT molecular complexity index is 2490. The topological polar surface area (TPSA) is 168 Å². The third-order valence-corrected chi connectivity index (χ3v) is 13.6. The largest absolute Gasteiger partial charge is 0.391 e. The molecule has 2 aliphatic heterocycles. The number of β-amino-alcohol motifs (C(OH)–C–C–N with tert-alkyl or cyclic N) is 1. The van der Waals surface area contributed by atoms with Crippen LogP contribution in [0.5, 0.6) is 0 Å². The second-order valence-corrected chi connectivity index (χ2v) is 19.7. The highest BCUT2D eigenvalue weighted by molar-refractivity contribution is 7.15. The summed E-state index contributed by atoms with van der Waals surface area (Å²) in [4.78, 5) is 62.1. The molecule has 1 fully saturated rings. The van der Waals surface area contributed by atoms with E-state index in [0.717, 1.165) is 56.3 Å². The highest BCUT2D eigenvalue weighted by atomic mass is 32.1. The first kappa shape index (κ1) is 46.4. The van der Waals surface area contributed by atoms with E-state index >= 15 is 0 Å². The van der Waals surface area contributed by atoms with Gasteiger partial charge in [-0.25, -0.2) is 0 Å². The summed E-state index contributed by atoms with van der Waals surface area (Å²) in [6.07, 6.45) is 6.01. The van der Waals surface area contributed by atoms with Crippen LogP contribution in [0.3, 0.4) is 0 Å². The molecule has 1 aliphatic carbocycles. The number of aromatic nitrogens is 3. The number of aliphatic hydroxyl groups excluding tert-OH is 1. The molecule has 2 aromatic carbocycles. The number of hydrogen-bond donors (Lipinski definition) is 3. The molecule has 2 unspecified atom stereocenters. The molecular formula is C50H61N7O6S. The van der Waals surface area contributed by atoms with Crippen LogP contribution in [-0.4, -0.2) is 91.9 Å². The Morgan fingerprint density at radius 3 is 2.36 bits per heavy atom. The molecule has 3 aliphatic rings. The van der Waals surface area contributed by atoms with Crippen LogP contribution in [0.1, 0.15) is 122 Å². The standard InChI is InChI=1S/C50H61N7O6S/c1-29-15-19-36(20-16-29)44-43-31(3)32(4)64-49(43)57-33(5)54-55-46(57)40(52-44)24-37(58)13-9-10-23-63-28-42(60)53-45(50(6,7)8)48(62)56-27-38(59)25-41(56)47(61)51-26-34-17-21-35(22-18-34)39-14-11-12-30(39)2/h11-12,15-22,38,40-41,45,59H,9-10,13-14,23-28H2,1-8H3,(H,51,61)(H,53,60)/t38?,40?,41-,45+/m0/s1. The maximum Gasteiger partial charge on any atom is 0.246 e. The van der Waals surface area contributed by atoms with Gasteiger partial charge >= 0.3 is 0 Å². The van der Waals surface area contributed by atoms with Crippen molar-refractivity contribution in [1.29, 1.82) is 0 Å².